The first-order valence-corrected chi connectivity index (χ1v) is 9.14. The third-order valence-electron chi connectivity index (χ3n) is 4.72. The standard InChI is InChI=1S/C21H25N5O/c1-17(19-10-12-20(13-11-19)26-16-22-15-24-26)25(2)21(27)23-14-6-9-18-7-4-3-5-8-18/h3-5,7-8,10-13,15-17H,6,9,14H2,1-2H3,(H,23,27). The molecule has 0 fully saturated rings. The van der Waals surface area contributed by atoms with Crippen LogP contribution in [0.25, 0.3) is 5.69 Å². The summed E-state index contributed by atoms with van der Waals surface area (Å²) in [4.78, 5) is 18.1. The lowest BCUT2D eigenvalue weighted by Crippen LogP contribution is -2.39. The van der Waals surface area contributed by atoms with Gasteiger partial charge in [0.25, 0.3) is 0 Å². The molecular formula is C21H25N5O. The summed E-state index contributed by atoms with van der Waals surface area (Å²) in [6.07, 6.45) is 5.05. The minimum atomic E-state index is -0.0593. The fraction of sp³-hybridized carbons (Fsp3) is 0.286. The zero-order valence-electron chi connectivity index (χ0n) is 15.7. The van der Waals surface area contributed by atoms with Gasteiger partial charge in [0.1, 0.15) is 12.7 Å². The van der Waals surface area contributed by atoms with Gasteiger partial charge >= 0.3 is 6.03 Å². The Kier molecular flexibility index (Phi) is 6.20. The van der Waals surface area contributed by atoms with E-state index in [1.165, 1.54) is 11.9 Å². The second kappa shape index (κ2) is 8.98. The Hall–Kier alpha value is -3.15. The van der Waals surface area contributed by atoms with Gasteiger partial charge in [0, 0.05) is 13.6 Å². The van der Waals surface area contributed by atoms with Crippen molar-refractivity contribution < 1.29 is 4.79 Å². The van der Waals surface area contributed by atoms with Gasteiger partial charge in [-0.25, -0.2) is 14.5 Å². The topological polar surface area (TPSA) is 63.1 Å². The number of amides is 2. The average molecular weight is 363 g/mol. The van der Waals surface area contributed by atoms with Gasteiger partial charge in [0.15, 0.2) is 0 Å². The number of hydrogen-bond acceptors (Lipinski definition) is 3. The normalized spacial score (nSPS) is 11.8. The summed E-state index contributed by atoms with van der Waals surface area (Å²) in [5, 5.41) is 7.12. The second-order valence-corrected chi connectivity index (χ2v) is 6.54. The Balaban J connectivity index is 1.48. The number of rotatable bonds is 7. The predicted octanol–water partition coefficient (Wildman–Crippen LogP) is 3.60. The largest absolute Gasteiger partial charge is 0.338 e. The molecule has 0 saturated heterocycles. The van der Waals surface area contributed by atoms with Crippen LogP contribution in [0.1, 0.15) is 30.5 Å². The summed E-state index contributed by atoms with van der Waals surface area (Å²) < 4.78 is 1.71. The van der Waals surface area contributed by atoms with E-state index in [4.69, 9.17) is 0 Å². The number of urea groups is 1. The highest BCUT2D eigenvalue weighted by Crippen LogP contribution is 2.20. The van der Waals surface area contributed by atoms with Crippen LogP contribution in [0.2, 0.25) is 0 Å². The Labute approximate surface area is 159 Å². The molecule has 6 heteroatoms. The van der Waals surface area contributed by atoms with Gasteiger partial charge in [-0.15, -0.1) is 0 Å². The molecule has 1 atom stereocenters. The first-order valence-electron chi connectivity index (χ1n) is 9.14. The van der Waals surface area contributed by atoms with Crippen molar-refractivity contribution in [1.29, 1.82) is 0 Å². The Bertz CT molecular complexity index is 831. The highest BCUT2D eigenvalue weighted by molar-refractivity contribution is 5.74. The molecule has 6 nitrogen and oxygen atoms in total. The van der Waals surface area contributed by atoms with E-state index in [2.05, 4.69) is 27.5 Å². The van der Waals surface area contributed by atoms with E-state index in [1.54, 1.807) is 15.9 Å². The summed E-state index contributed by atoms with van der Waals surface area (Å²) in [6.45, 7) is 2.68. The SMILES string of the molecule is CC(c1ccc(-n2cncn2)cc1)N(C)C(=O)NCCCc1ccccc1. The number of carbonyl (C=O) groups excluding carboxylic acids is 1. The van der Waals surface area contributed by atoms with Crippen molar-refractivity contribution in [2.45, 2.75) is 25.8 Å². The van der Waals surface area contributed by atoms with Crippen LogP contribution in [-0.4, -0.2) is 39.3 Å². The van der Waals surface area contributed by atoms with E-state index in [0.29, 0.717) is 6.54 Å². The minimum absolute atomic E-state index is 0.0241. The lowest BCUT2D eigenvalue weighted by molar-refractivity contribution is 0.194. The zero-order valence-corrected chi connectivity index (χ0v) is 15.7. The molecule has 3 rings (SSSR count). The Morgan fingerprint density at radius 2 is 1.89 bits per heavy atom. The van der Waals surface area contributed by atoms with E-state index in [-0.39, 0.29) is 12.1 Å². The van der Waals surface area contributed by atoms with Crippen molar-refractivity contribution in [2.24, 2.45) is 0 Å². The third-order valence-corrected chi connectivity index (χ3v) is 4.72. The van der Waals surface area contributed by atoms with Crippen molar-refractivity contribution >= 4 is 6.03 Å². The van der Waals surface area contributed by atoms with Crippen LogP contribution in [0.15, 0.2) is 67.3 Å². The molecule has 1 N–H and O–H groups in total. The van der Waals surface area contributed by atoms with Gasteiger partial charge < -0.3 is 10.2 Å². The highest BCUT2D eigenvalue weighted by atomic mass is 16.2. The third kappa shape index (κ3) is 4.94. The maximum atomic E-state index is 12.4. The lowest BCUT2D eigenvalue weighted by atomic mass is 10.1. The van der Waals surface area contributed by atoms with E-state index in [9.17, 15) is 4.79 Å². The van der Waals surface area contributed by atoms with Crippen molar-refractivity contribution in [2.75, 3.05) is 13.6 Å². The van der Waals surface area contributed by atoms with Crippen molar-refractivity contribution in [3.8, 4) is 5.69 Å². The van der Waals surface area contributed by atoms with E-state index >= 15 is 0 Å². The quantitative estimate of drug-likeness (QED) is 0.652. The highest BCUT2D eigenvalue weighted by Gasteiger charge is 2.17. The minimum Gasteiger partial charge on any atom is -0.338 e. The molecule has 140 valence electrons. The molecule has 2 aromatic carbocycles. The molecule has 0 radical (unpaired) electrons. The van der Waals surface area contributed by atoms with Gasteiger partial charge in [-0.1, -0.05) is 42.5 Å². The van der Waals surface area contributed by atoms with Crippen LogP contribution in [-0.2, 0) is 6.42 Å². The number of aromatic nitrogens is 3. The summed E-state index contributed by atoms with van der Waals surface area (Å²) >= 11 is 0. The zero-order chi connectivity index (χ0) is 19.1. The summed E-state index contributed by atoms with van der Waals surface area (Å²) in [7, 11) is 1.82. The molecule has 0 aliphatic carbocycles. The van der Waals surface area contributed by atoms with E-state index in [0.717, 1.165) is 24.1 Å². The summed E-state index contributed by atoms with van der Waals surface area (Å²) in [6, 6.07) is 18.2. The molecule has 1 aromatic heterocycles. The number of nitrogens with zero attached hydrogens (tertiary/aromatic N) is 4. The number of nitrogens with one attached hydrogen (secondary N) is 1. The van der Waals surface area contributed by atoms with Gasteiger partial charge in [-0.2, -0.15) is 5.10 Å². The maximum Gasteiger partial charge on any atom is 0.317 e. The van der Waals surface area contributed by atoms with Crippen LogP contribution in [0.3, 0.4) is 0 Å². The molecule has 0 aliphatic heterocycles. The fourth-order valence-corrected chi connectivity index (χ4v) is 2.90. The first-order chi connectivity index (χ1) is 13.1. The van der Waals surface area contributed by atoms with Gasteiger partial charge in [0.05, 0.1) is 11.7 Å². The maximum absolute atomic E-state index is 12.4. The number of hydrogen-bond donors (Lipinski definition) is 1. The molecular weight excluding hydrogens is 338 g/mol. The summed E-state index contributed by atoms with van der Waals surface area (Å²) in [5.41, 5.74) is 3.30. The number of benzene rings is 2. The van der Waals surface area contributed by atoms with Crippen LogP contribution < -0.4 is 5.32 Å². The monoisotopic (exact) mass is 363 g/mol. The molecule has 0 saturated carbocycles. The first kappa shape index (κ1) is 18.6. The van der Waals surface area contributed by atoms with Gasteiger partial charge in [0.2, 0.25) is 0 Å². The summed E-state index contributed by atoms with van der Waals surface area (Å²) in [5.74, 6) is 0. The molecule has 1 heterocycles. The van der Waals surface area contributed by atoms with Gasteiger partial charge in [-0.3, -0.25) is 0 Å². The van der Waals surface area contributed by atoms with Crippen LogP contribution in [0.4, 0.5) is 4.79 Å². The van der Waals surface area contributed by atoms with Crippen LogP contribution in [0.5, 0.6) is 0 Å². The molecule has 0 spiro atoms. The molecule has 27 heavy (non-hydrogen) atoms. The predicted molar refractivity (Wildman–Crippen MR) is 106 cm³/mol. The smallest absolute Gasteiger partial charge is 0.317 e. The van der Waals surface area contributed by atoms with E-state index < -0.39 is 0 Å². The Morgan fingerprint density at radius 1 is 1.15 bits per heavy atom. The van der Waals surface area contributed by atoms with Crippen LogP contribution in [0, 0.1) is 0 Å². The number of carbonyl (C=O) groups is 1. The fourth-order valence-electron chi connectivity index (χ4n) is 2.90. The second-order valence-electron chi connectivity index (χ2n) is 6.54. The van der Waals surface area contributed by atoms with Gasteiger partial charge in [-0.05, 0) is 43.0 Å². The molecule has 0 bridgehead atoms. The molecule has 2 amide bonds. The average Bonchev–Trinajstić information content (AvgIpc) is 3.26. The van der Waals surface area contributed by atoms with Crippen LogP contribution >= 0.6 is 0 Å². The molecule has 3 aromatic rings. The number of aryl methyl sites for hydroxylation is 1. The van der Waals surface area contributed by atoms with Crippen molar-refractivity contribution in [3.63, 3.8) is 0 Å². The molecule has 0 aliphatic rings. The Morgan fingerprint density at radius 3 is 2.56 bits per heavy atom. The lowest BCUT2D eigenvalue weighted by Gasteiger charge is -2.25. The molecule has 1 unspecified atom stereocenters. The van der Waals surface area contributed by atoms with Crippen molar-refractivity contribution in [3.05, 3.63) is 78.4 Å². The van der Waals surface area contributed by atoms with Crippen molar-refractivity contribution in [1.82, 2.24) is 25.0 Å². The van der Waals surface area contributed by atoms with E-state index in [1.807, 2.05) is 56.4 Å².